The number of nitrogens with zero attached hydrogens (tertiary/aromatic N) is 3. The molecule has 4 aromatic rings. The van der Waals surface area contributed by atoms with E-state index in [1.54, 1.807) is 23.1 Å². The monoisotopic (exact) mass is 569 g/mol. The maximum atomic E-state index is 14.5. The van der Waals surface area contributed by atoms with Crippen molar-refractivity contribution in [2.24, 2.45) is 13.0 Å². The van der Waals surface area contributed by atoms with Gasteiger partial charge >= 0.3 is 5.97 Å². The van der Waals surface area contributed by atoms with Gasteiger partial charge in [0.05, 0.1) is 30.9 Å². The molecule has 3 aromatic carbocycles. The Kier molecular flexibility index (Phi) is 8.77. The molecule has 5 rings (SSSR count). The number of carbonyl (C=O) groups excluding carboxylic acids is 1. The van der Waals surface area contributed by atoms with Crippen molar-refractivity contribution in [3.63, 3.8) is 0 Å². The molecule has 2 N–H and O–H groups in total. The Bertz CT molecular complexity index is 1600. The average molecular weight is 570 g/mol. The average Bonchev–Trinajstić information content (AvgIpc) is 3.28. The van der Waals surface area contributed by atoms with Crippen LogP contribution in [-0.2, 0) is 24.9 Å². The maximum Gasteiger partial charge on any atom is 0.335 e. The first-order valence-corrected chi connectivity index (χ1v) is 14.4. The molecule has 220 valence electrons. The Labute approximate surface area is 246 Å². The van der Waals surface area contributed by atoms with Gasteiger partial charge < -0.3 is 24.4 Å². The standard InChI is InChI=1S/C34H39N3O5/c1-22-17-37(23(2)20-38)33(39)32-31(28-14-7-8-15-29(28)36(32)4)27-13-6-5-11-26(27)21-42-30(22)19-35(3)18-24-10-9-12-25(16-24)34(40)41/h5-16,22-23,30,38H,17-21H2,1-4H3,(H,40,41)/t22-,23-,30-/m1/s1. The van der Waals surface area contributed by atoms with Gasteiger partial charge in [-0.2, -0.15) is 0 Å². The molecule has 1 amide bonds. The molecule has 0 spiro atoms. The number of para-hydroxylation sites is 1. The van der Waals surface area contributed by atoms with Gasteiger partial charge in [-0.1, -0.05) is 61.5 Å². The highest BCUT2D eigenvalue weighted by molar-refractivity contribution is 6.10. The van der Waals surface area contributed by atoms with Gasteiger partial charge in [0.1, 0.15) is 5.69 Å². The van der Waals surface area contributed by atoms with Gasteiger partial charge in [0.25, 0.3) is 5.91 Å². The Balaban J connectivity index is 1.54. The van der Waals surface area contributed by atoms with Crippen LogP contribution in [0.1, 0.15) is 45.8 Å². The Morgan fingerprint density at radius 3 is 2.60 bits per heavy atom. The van der Waals surface area contributed by atoms with E-state index in [4.69, 9.17) is 4.74 Å². The van der Waals surface area contributed by atoms with Crippen LogP contribution in [0.3, 0.4) is 0 Å². The number of rotatable bonds is 7. The first-order chi connectivity index (χ1) is 20.2. The summed E-state index contributed by atoms with van der Waals surface area (Å²) in [6.07, 6.45) is -0.232. The van der Waals surface area contributed by atoms with Crippen molar-refractivity contribution in [2.45, 2.75) is 39.1 Å². The molecule has 0 bridgehead atoms. The third-order valence-corrected chi connectivity index (χ3v) is 8.34. The minimum atomic E-state index is -0.949. The molecule has 1 aliphatic heterocycles. The summed E-state index contributed by atoms with van der Waals surface area (Å²) in [6.45, 7) is 5.71. The second kappa shape index (κ2) is 12.5. The molecule has 0 aliphatic carbocycles. The van der Waals surface area contributed by atoms with Crippen molar-refractivity contribution in [1.82, 2.24) is 14.4 Å². The summed E-state index contributed by atoms with van der Waals surface area (Å²) in [6, 6.07) is 22.7. The van der Waals surface area contributed by atoms with Crippen LogP contribution in [0.5, 0.6) is 0 Å². The fourth-order valence-corrected chi connectivity index (χ4v) is 6.01. The Hall–Kier alpha value is -3.98. The zero-order valence-electron chi connectivity index (χ0n) is 24.7. The van der Waals surface area contributed by atoms with E-state index in [2.05, 4.69) is 30.0 Å². The summed E-state index contributed by atoms with van der Waals surface area (Å²) in [5.41, 5.74) is 5.58. The van der Waals surface area contributed by atoms with Gasteiger partial charge in [-0.15, -0.1) is 0 Å². The summed E-state index contributed by atoms with van der Waals surface area (Å²) in [5, 5.41) is 20.6. The molecule has 42 heavy (non-hydrogen) atoms. The molecule has 8 nitrogen and oxygen atoms in total. The lowest BCUT2D eigenvalue weighted by Gasteiger charge is -2.35. The number of aryl methyl sites for hydroxylation is 1. The van der Waals surface area contributed by atoms with E-state index < -0.39 is 5.97 Å². The van der Waals surface area contributed by atoms with Crippen molar-refractivity contribution in [3.05, 3.63) is 95.2 Å². The minimum Gasteiger partial charge on any atom is -0.478 e. The third-order valence-electron chi connectivity index (χ3n) is 8.34. The number of carboxylic acids is 1. The van der Waals surface area contributed by atoms with Crippen molar-refractivity contribution < 1.29 is 24.5 Å². The first kappa shape index (κ1) is 29.5. The van der Waals surface area contributed by atoms with Crippen molar-refractivity contribution in [3.8, 4) is 11.1 Å². The highest BCUT2D eigenvalue weighted by atomic mass is 16.5. The van der Waals surface area contributed by atoms with Crippen LogP contribution in [0.25, 0.3) is 22.0 Å². The fraction of sp³-hybridized carbons (Fsp3) is 0.353. The van der Waals surface area contributed by atoms with Gasteiger partial charge in [0.15, 0.2) is 0 Å². The van der Waals surface area contributed by atoms with E-state index >= 15 is 0 Å². The molecule has 0 unspecified atom stereocenters. The number of carboxylic acid groups (broad SMARTS) is 1. The lowest BCUT2D eigenvalue weighted by molar-refractivity contribution is -0.0242. The molecule has 3 atom stereocenters. The zero-order chi connectivity index (χ0) is 30.0. The molecular formula is C34H39N3O5. The summed E-state index contributed by atoms with van der Waals surface area (Å²) in [7, 11) is 3.92. The summed E-state index contributed by atoms with van der Waals surface area (Å²) >= 11 is 0. The van der Waals surface area contributed by atoms with E-state index in [1.807, 2.05) is 62.0 Å². The van der Waals surface area contributed by atoms with Crippen LogP contribution >= 0.6 is 0 Å². The van der Waals surface area contributed by atoms with Crippen molar-refractivity contribution in [2.75, 3.05) is 26.7 Å². The highest BCUT2D eigenvalue weighted by Crippen LogP contribution is 2.38. The lowest BCUT2D eigenvalue weighted by Crippen LogP contribution is -2.47. The van der Waals surface area contributed by atoms with Crippen LogP contribution in [0.2, 0.25) is 0 Å². The van der Waals surface area contributed by atoms with Gasteiger partial charge in [0.2, 0.25) is 0 Å². The molecule has 8 heteroatoms. The second-order valence-electron chi connectivity index (χ2n) is 11.5. The number of hydrogen-bond donors (Lipinski definition) is 2. The van der Waals surface area contributed by atoms with Crippen LogP contribution in [0.4, 0.5) is 0 Å². The number of aliphatic hydroxyl groups excluding tert-OH is 1. The topological polar surface area (TPSA) is 95.2 Å². The largest absolute Gasteiger partial charge is 0.478 e. The number of carbonyl (C=O) groups is 2. The van der Waals surface area contributed by atoms with E-state index in [-0.39, 0.29) is 36.1 Å². The first-order valence-electron chi connectivity index (χ1n) is 14.4. The number of ether oxygens (including phenoxy) is 1. The summed E-state index contributed by atoms with van der Waals surface area (Å²) < 4.78 is 8.64. The van der Waals surface area contributed by atoms with Gasteiger partial charge in [0, 0.05) is 49.1 Å². The van der Waals surface area contributed by atoms with Crippen LogP contribution < -0.4 is 0 Å². The number of aromatic nitrogens is 1. The SMILES string of the molecule is C[C@@H]1CN([C@H](C)CO)C(=O)c2c(c3ccccc3n2C)-c2ccccc2CO[C@@H]1CN(C)Cc1cccc(C(=O)O)c1. The predicted octanol–water partition coefficient (Wildman–Crippen LogP) is 5.03. The number of amides is 1. The Morgan fingerprint density at radius 2 is 1.83 bits per heavy atom. The molecule has 0 saturated carbocycles. The molecule has 1 aromatic heterocycles. The van der Waals surface area contributed by atoms with Crippen molar-refractivity contribution >= 4 is 22.8 Å². The van der Waals surface area contributed by atoms with Crippen LogP contribution in [0.15, 0.2) is 72.8 Å². The maximum absolute atomic E-state index is 14.5. The molecule has 0 saturated heterocycles. The summed E-state index contributed by atoms with van der Waals surface area (Å²) in [4.78, 5) is 29.8. The molecular weight excluding hydrogens is 530 g/mol. The number of likely N-dealkylation sites (N-methyl/N-ethyl adjacent to an activating group) is 1. The number of hydrogen-bond acceptors (Lipinski definition) is 5. The highest BCUT2D eigenvalue weighted by Gasteiger charge is 2.33. The summed E-state index contributed by atoms with van der Waals surface area (Å²) in [5.74, 6) is -1.12. The molecule has 0 radical (unpaired) electrons. The second-order valence-corrected chi connectivity index (χ2v) is 11.5. The predicted molar refractivity (Wildman–Crippen MR) is 163 cm³/mol. The van der Waals surface area contributed by atoms with E-state index in [0.717, 1.165) is 33.2 Å². The smallest absolute Gasteiger partial charge is 0.335 e. The quantitative estimate of drug-likeness (QED) is 0.324. The molecule has 0 fully saturated rings. The van der Waals surface area contributed by atoms with Crippen LogP contribution in [0, 0.1) is 5.92 Å². The van der Waals surface area contributed by atoms with E-state index in [9.17, 15) is 19.8 Å². The minimum absolute atomic E-state index is 0.0563. The number of benzene rings is 3. The third kappa shape index (κ3) is 5.83. The van der Waals surface area contributed by atoms with Gasteiger partial charge in [-0.05, 0) is 48.9 Å². The molecule has 2 heterocycles. The van der Waals surface area contributed by atoms with E-state index in [0.29, 0.717) is 31.9 Å². The van der Waals surface area contributed by atoms with E-state index in [1.165, 1.54) is 0 Å². The fourth-order valence-electron chi connectivity index (χ4n) is 6.01. The number of aromatic carboxylic acids is 1. The number of fused-ring (bicyclic) bond motifs is 5. The molecule has 1 aliphatic rings. The number of aliphatic hydroxyl groups is 1. The Morgan fingerprint density at radius 1 is 1.10 bits per heavy atom. The van der Waals surface area contributed by atoms with Crippen LogP contribution in [-0.4, -0.2) is 75.3 Å². The normalized spacial score (nSPS) is 18.4. The van der Waals surface area contributed by atoms with Gasteiger partial charge in [-0.3, -0.25) is 9.69 Å². The van der Waals surface area contributed by atoms with Crippen molar-refractivity contribution in [1.29, 1.82) is 0 Å². The zero-order valence-corrected chi connectivity index (χ0v) is 24.7. The van der Waals surface area contributed by atoms with Gasteiger partial charge in [-0.25, -0.2) is 4.79 Å². The lowest BCUT2D eigenvalue weighted by atomic mass is 9.96.